The van der Waals surface area contributed by atoms with Gasteiger partial charge in [-0.05, 0) is 30.5 Å². The maximum absolute atomic E-state index is 13.1. The van der Waals surface area contributed by atoms with Gasteiger partial charge in [-0.25, -0.2) is 4.39 Å². The van der Waals surface area contributed by atoms with Gasteiger partial charge < -0.3 is 10.2 Å². The second-order valence-electron chi connectivity index (χ2n) is 3.43. The van der Waals surface area contributed by atoms with Gasteiger partial charge in [-0.3, -0.25) is 0 Å². The highest BCUT2D eigenvalue weighted by atomic mass is 19.1. The van der Waals surface area contributed by atoms with Crippen LogP contribution in [0, 0.1) is 12.7 Å². The van der Waals surface area contributed by atoms with E-state index in [1.54, 1.807) is 26.0 Å². The summed E-state index contributed by atoms with van der Waals surface area (Å²) in [6, 6.07) is 4.48. The summed E-state index contributed by atoms with van der Waals surface area (Å²) in [6.45, 7) is 3.42. The summed E-state index contributed by atoms with van der Waals surface area (Å²) in [5, 5.41) is 19.0. The summed E-state index contributed by atoms with van der Waals surface area (Å²) < 4.78 is 13.1. The van der Waals surface area contributed by atoms with Crippen molar-refractivity contribution in [3.63, 3.8) is 0 Å². The highest BCUT2D eigenvalue weighted by Crippen LogP contribution is 2.20. The molecule has 0 radical (unpaired) electrons. The van der Waals surface area contributed by atoms with Crippen LogP contribution in [0.25, 0.3) is 0 Å². The zero-order chi connectivity index (χ0) is 10.7. The van der Waals surface area contributed by atoms with Gasteiger partial charge in [0.2, 0.25) is 0 Å². The maximum atomic E-state index is 13.1. The van der Waals surface area contributed by atoms with Crippen LogP contribution in [0.1, 0.15) is 30.6 Å². The normalized spacial score (nSPS) is 15.2. The number of aryl methyl sites for hydroxylation is 1. The first-order valence-electron chi connectivity index (χ1n) is 4.68. The molecule has 0 spiro atoms. The van der Waals surface area contributed by atoms with Crippen molar-refractivity contribution in [2.75, 3.05) is 0 Å². The van der Waals surface area contributed by atoms with Gasteiger partial charge in [0.1, 0.15) is 11.9 Å². The molecular formula is C11H15FO2. The summed E-state index contributed by atoms with van der Waals surface area (Å²) >= 11 is 0. The molecule has 0 aliphatic rings. The molecule has 2 nitrogen and oxygen atoms in total. The van der Waals surface area contributed by atoms with Crippen molar-refractivity contribution in [2.45, 2.75) is 32.5 Å². The first kappa shape index (κ1) is 11.1. The Hall–Kier alpha value is -0.930. The standard InChI is InChI=1S/C11H15FO2/c1-3-10(13)11(14)8-5-4-7(2)9(12)6-8/h4-6,10-11,13-14H,3H2,1-2H3. The van der Waals surface area contributed by atoms with Crippen LogP contribution in [0.15, 0.2) is 18.2 Å². The van der Waals surface area contributed by atoms with Gasteiger partial charge in [-0.15, -0.1) is 0 Å². The van der Waals surface area contributed by atoms with Crippen LogP contribution in [0.3, 0.4) is 0 Å². The highest BCUT2D eigenvalue weighted by Gasteiger charge is 2.16. The Morgan fingerprint density at radius 1 is 1.36 bits per heavy atom. The molecule has 0 fully saturated rings. The van der Waals surface area contributed by atoms with Crippen LogP contribution >= 0.6 is 0 Å². The Bertz CT molecular complexity index is 312. The first-order chi connectivity index (χ1) is 6.56. The predicted molar refractivity (Wildman–Crippen MR) is 52.4 cm³/mol. The highest BCUT2D eigenvalue weighted by molar-refractivity contribution is 5.25. The molecule has 1 aromatic carbocycles. The smallest absolute Gasteiger partial charge is 0.126 e. The second-order valence-corrected chi connectivity index (χ2v) is 3.43. The van der Waals surface area contributed by atoms with Crippen LogP contribution in [0.5, 0.6) is 0 Å². The molecule has 0 saturated heterocycles. The molecule has 0 saturated carbocycles. The third kappa shape index (κ3) is 2.30. The first-order valence-corrected chi connectivity index (χ1v) is 4.68. The number of aliphatic hydroxyl groups is 2. The molecule has 0 aliphatic carbocycles. The van der Waals surface area contributed by atoms with E-state index in [2.05, 4.69) is 0 Å². The van der Waals surface area contributed by atoms with E-state index < -0.39 is 12.2 Å². The molecule has 2 N–H and O–H groups in total. The van der Waals surface area contributed by atoms with Crippen molar-refractivity contribution in [3.8, 4) is 0 Å². The number of halogens is 1. The van der Waals surface area contributed by atoms with E-state index >= 15 is 0 Å². The molecule has 78 valence electrons. The Morgan fingerprint density at radius 2 is 2.00 bits per heavy atom. The van der Waals surface area contributed by atoms with Crippen molar-refractivity contribution in [1.82, 2.24) is 0 Å². The van der Waals surface area contributed by atoms with Crippen molar-refractivity contribution in [3.05, 3.63) is 35.1 Å². The Labute approximate surface area is 83.0 Å². The van der Waals surface area contributed by atoms with Crippen LogP contribution < -0.4 is 0 Å². The van der Waals surface area contributed by atoms with E-state index in [0.717, 1.165) is 0 Å². The number of hydrogen-bond donors (Lipinski definition) is 2. The summed E-state index contributed by atoms with van der Waals surface area (Å²) in [7, 11) is 0. The van der Waals surface area contributed by atoms with Gasteiger partial charge in [0.25, 0.3) is 0 Å². The summed E-state index contributed by atoms with van der Waals surface area (Å²) in [4.78, 5) is 0. The van der Waals surface area contributed by atoms with Crippen LogP contribution in [-0.4, -0.2) is 16.3 Å². The van der Waals surface area contributed by atoms with E-state index in [1.807, 2.05) is 0 Å². The molecule has 1 aromatic rings. The Balaban J connectivity index is 2.91. The third-order valence-electron chi connectivity index (χ3n) is 2.32. The van der Waals surface area contributed by atoms with E-state index in [-0.39, 0.29) is 5.82 Å². The average molecular weight is 198 g/mol. The molecule has 2 atom stereocenters. The van der Waals surface area contributed by atoms with Crippen molar-refractivity contribution in [2.24, 2.45) is 0 Å². The Kier molecular flexibility index (Phi) is 3.61. The van der Waals surface area contributed by atoms with Crippen molar-refractivity contribution < 1.29 is 14.6 Å². The van der Waals surface area contributed by atoms with Gasteiger partial charge in [-0.1, -0.05) is 19.1 Å². The van der Waals surface area contributed by atoms with Crippen molar-refractivity contribution in [1.29, 1.82) is 0 Å². The van der Waals surface area contributed by atoms with Gasteiger partial charge in [0.05, 0.1) is 6.10 Å². The fourth-order valence-corrected chi connectivity index (χ4v) is 1.24. The monoisotopic (exact) mass is 198 g/mol. The maximum Gasteiger partial charge on any atom is 0.126 e. The lowest BCUT2D eigenvalue weighted by Crippen LogP contribution is -2.17. The summed E-state index contributed by atoms with van der Waals surface area (Å²) in [5.41, 5.74) is 0.953. The lowest BCUT2D eigenvalue weighted by Gasteiger charge is -2.16. The molecule has 0 aromatic heterocycles. The van der Waals surface area contributed by atoms with Crippen molar-refractivity contribution >= 4 is 0 Å². The number of hydrogen-bond acceptors (Lipinski definition) is 2. The second kappa shape index (κ2) is 4.53. The van der Waals surface area contributed by atoms with Gasteiger partial charge in [-0.2, -0.15) is 0 Å². The minimum atomic E-state index is -1.00. The third-order valence-corrected chi connectivity index (χ3v) is 2.32. The fraction of sp³-hybridized carbons (Fsp3) is 0.455. The van der Waals surface area contributed by atoms with Gasteiger partial charge >= 0.3 is 0 Å². The molecular weight excluding hydrogens is 183 g/mol. The topological polar surface area (TPSA) is 40.5 Å². The average Bonchev–Trinajstić information content (AvgIpc) is 2.20. The molecule has 3 heteroatoms. The van der Waals surface area contributed by atoms with Gasteiger partial charge in [0.15, 0.2) is 0 Å². The molecule has 14 heavy (non-hydrogen) atoms. The van der Waals surface area contributed by atoms with E-state index in [4.69, 9.17) is 0 Å². The molecule has 0 bridgehead atoms. The number of benzene rings is 1. The minimum absolute atomic E-state index is 0.357. The van der Waals surface area contributed by atoms with Crippen LogP contribution in [0.4, 0.5) is 4.39 Å². The van der Waals surface area contributed by atoms with E-state index in [0.29, 0.717) is 17.5 Å². The zero-order valence-electron chi connectivity index (χ0n) is 8.37. The lowest BCUT2D eigenvalue weighted by molar-refractivity contribution is 0.0163. The fourth-order valence-electron chi connectivity index (χ4n) is 1.24. The summed E-state index contributed by atoms with van der Waals surface area (Å²) in [5.74, 6) is -0.357. The lowest BCUT2D eigenvalue weighted by atomic mass is 10.0. The SMILES string of the molecule is CCC(O)C(O)c1ccc(C)c(F)c1. The van der Waals surface area contributed by atoms with Crippen LogP contribution in [-0.2, 0) is 0 Å². The molecule has 2 unspecified atom stereocenters. The predicted octanol–water partition coefficient (Wildman–Crippen LogP) is 1.94. The van der Waals surface area contributed by atoms with E-state index in [1.165, 1.54) is 6.07 Å². The quantitative estimate of drug-likeness (QED) is 0.779. The van der Waals surface area contributed by atoms with Gasteiger partial charge in [0, 0.05) is 0 Å². The number of rotatable bonds is 3. The number of aliphatic hydroxyl groups excluding tert-OH is 2. The summed E-state index contributed by atoms with van der Waals surface area (Å²) in [6.07, 6.45) is -1.40. The minimum Gasteiger partial charge on any atom is -0.390 e. The Morgan fingerprint density at radius 3 is 2.50 bits per heavy atom. The molecule has 0 heterocycles. The molecule has 1 rings (SSSR count). The molecule has 0 amide bonds. The van der Waals surface area contributed by atoms with E-state index in [9.17, 15) is 14.6 Å². The largest absolute Gasteiger partial charge is 0.390 e. The zero-order valence-corrected chi connectivity index (χ0v) is 8.37. The van der Waals surface area contributed by atoms with Crippen LogP contribution in [0.2, 0.25) is 0 Å². The molecule has 0 aliphatic heterocycles.